The number of halogens is 1. The third-order valence-electron chi connectivity index (χ3n) is 5.24. The molecule has 1 aromatic heterocycles. The van der Waals surface area contributed by atoms with Gasteiger partial charge in [-0.15, -0.1) is 0 Å². The molecule has 0 aliphatic rings. The topological polar surface area (TPSA) is 69.4 Å². The molecule has 0 fully saturated rings. The van der Waals surface area contributed by atoms with Gasteiger partial charge in [0.2, 0.25) is 0 Å². The van der Waals surface area contributed by atoms with Crippen molar-refractivity contribution in [1.82, 2.24) is 9.55 Å². The number of hydrogen-bond donors (Lipinski definition) is 1. The van der Waals surface area contributed by atoms with Crippen LogP contribution < -0.4 is 19.7 Å². The number of hydrogen-bond acceptors (Lipinski definition) is 6. The van der Waals surface area contributed by atoms with Crippen molar-refractivity contribution >= 4 is 34.3 Å². The summed E-state index contributed by atoms with van der Waals surface area (Å²) in [6, 6.07) is 19.4. The van der Waals surface area contributed by atoms with Gasteiger partial charge in [-0.25, -0.2) is 4.98 Å². The lowest BCUT2D eigenvalue weighted by Gasteiger charge is -2.17. The van der Waals surface area contributed by atoms with Crippen molar-refractivity contribution in [2.75, 3.05) is 21.3 Å². The molecule has 0 saturated heterocycles. The largest absolute Gasteiger partial charge is 0.495 e. The summed E-state index contributed by atoms with van der Waals surface area (Å²) in [5.74, 6) is 2.48. The lowest BCUT2D eigenvalue weighted by molar-refractivity contribution is 0.355. The molecule has 8 heteroatoms. The highest BCUT2D eigenvalue weighted by atomic mass is 35.5. The zero-order chi connectivity index (χ0) is 23.4. The van der Waals surface area contributed by atoms with E-state index in [9.17, 15) is 0 Å². The normalized spacial score (nSPS) is 10.9. The smallest absolute Gasteiger partial charge is 0.170 e. The first-order valence-corrected chi connectivity index (χ1v) is 11.6. The van der Waals surface area contributed by atoms with Gasteiger partial charge in [0, 0.05) is 17.2 Å². The quantitative estimate of drug-likeness (QED) is 0.264. The highest BCUT2D eigenvalue weighted by molar-refractivity contribution is 7.98. The van der Waals surface area contributed by atoms with Crippen molar-refractivity contribution in [2.45, 2.75) is 17.5 Å². The molecule has 0 saturated carbocycles. The predicted octanol–water partition coefficient (Wildman–Crippen LogP) is 5.54. The summed E-state index contributed by atoms with van der Waals surface area (Å²) < 4.78 is 18.1. The van der Waals surface area contributed by atoms with Crippen LogP contribution in [0.2, 0.25) is 5.02 Å². The Morgan fingerprint density at radius 3 is 2.24 bits per heavy atom. The monoisotopic (exact) mass is 481 g/mol. The molecule has 0 atom stereocenters. The molecule has 170 valence electrons. The first-order chi connectivity index (χ1) is 16.0. The average Bonchev–Trinajstić information content (AvgIpc) is 2.84. The van der Waals surface area contributed by atoms with Gasteiger partial charge in [0.1, 0.15) is 11.2 Å². The van der Waals surface area contributed by atoms with Crippen molar-refractivity contribution in [3.05, 3.63) is 82.3 Å². The van der Waals surface area contributed by atoms with E-state index >= 15 is 0 Å². The van der Waals surface area contributed by atoms with E-state index in [1.54, 1.807) is 39.2 Å². The van der Waals surface area contributed by atoms with Crippen LogP contribution in [0, 0.1) is 5.41 Å². The Balaban J connectivity index is 1.82. The molecule has 1 N–H and O–H groups in total. The summed E-state index contributed by atoms with van der Waals surface area (Å²) in [5, 5.41) is 10.9. The maximum atomic E-state index is 9.00. The van der Waals surface area contributed by atoms with Crippen molar-refractivity contribution in [1.29, 1.82) is 5.41 Å². The van der Waals surface area contributed by atoms with Crippen LogP contribution in [0.5, 0.6) is 17.2 Å². The van der Waals surface area contributed by atoms with Gasteiger partial charge in [-0.2, -0.15) is 0 Å². The van der Waals surface area contributed by atoms with E-state index in [1.807, 2.05) is 47.0 Å². The fourth-order valence-corrected chi connectivity index (χ4v) is 4.77. The third kappa shape index (κ3) is 4.94. The molecule has 0 bridgehead atoms. The molecule has 0 amide bonds. The Labute approximate surface area is 201 Å². The Morgan fingerprint density at radius 2 is 1.58 bits per heavy atom. The first kappa shape index (κ1) is 23.0. The van der Waals surface area contributed by atoms with E-state index in [4.69, 9.17) is 36.2 Å². The highest BCUT2D eigenvalue weighted by Crippen LogP contribution is 2.32. The number of nitrogens with one attached hydrogen (secondary N) is 1. The standard InChI is InChI=1S/C25H24ClN3O3S/c1-30-21-10-9-17(11-19(21)26)14-29-24(27)18-12-22(31-2)23(32-3)13-20(18)28-25(29)33-15-16-7-5-4-6-8-16/h4-13,27H,14-15H2,1-3H3. The second-order valence-corrected chi connectivity index (χ2v) is 8.65. The maximum absolute atomic E-state index is 9.00. The molecule has 6 nitrogen and oxygen atoms in total. The van der Waals surface area contributed by atoms with Gasteiger partial charge >= 0.3 is 0 Å². The second-order valence-electron chi connectivity index (χ2n) is 7.30. The van der Waals surface area contributed by atoms with Gasteiger partial charge < -0.3 is 18.8 Å². The summed E-state index contributed by atoms with van der Waals surface area (Å²) in [4.78, 5) is 4.90. The number of methoxy groups -OCH3 is 3. The van der Waals surface area contributed by atoms with Gasteiger partial charge in [-0.1, -0.05) is 59.8 Å². The number of benzene rings is 3. The summed E-state index contributed by atoms with van der Waals surface area (Å²) in [6.07, 6.45) is 0. The van der Waals surface area contributed by atoms with Gasteiger partial charge in [0.05, 0.1) is 38.4 Å². The third-order valence-corrected chi connectivity index (χ3v) is 6.58. The van der Waals surface area contributed by atoms with Gasteiger partial charge in [0.15, 0.2) is 16.7 Å². The van der Waals surface area contributed by atoms with Gasteiger partial charge in [-0.05, 0) is 29.3 Å². The number of thioether (sulfide) groups is 1. The second kappa shape index (κ2) is 10.2. The predicted molar refractivity (Wildman–Crippen MR) is 132 cm³/mol. The number of ether oxygens (including phenoxy) is 3. The Kier molecular flexibility index (Phi) is 7.11. The lowest BCUT2D eigenvalue weighted by Crippen LogP contribution is -2.24. The summed E-state index contributed by atoms with van der Waals surface area (Å²) in [7, 11) is 4.76. The van der Waals surface area contributed by atoms with Crippen LogP contribution in [0.15, 0.2) is 65.8 Å². The SMILES string of the molecule is COc1ccc(Cn2c(SCc3ccccc3)nc3cc(OC)c(OC)cc3c2=N)cc1Cl. The van der Waals surface area contributed by atoms with Gasteiger partial charge in [0.25, 0.3) is 0 Å². The molecule has 0 radical (unpaired) electrons. The molecule has 3 aromatic carbocycles. The van der Waals surface area contributed by atoms with E-state index in [2.05, 4.69) is 12.1 Å². The summed E-state index contributed by atoms with van der Waals surface area (Å²) in [6.45, 7) is 0.441. The van der Waals surface area contributed by atoms with E-state index in [1.165, 1.54) is 5.56 Å². The summed E-state index contributed by atoms with van der Waals surface area (Å²) in [5.41, 5.74) is 3.14. The Morgan fingerprint density at radius 1 is 0.879 bits per heavy atom. The minimum Gasteiger partial charge on any atom is -0.495 e. The molecular weight excluding hydrogens is 458 g/mol. The zero-order valence-electron chi connectivity index (χ0n) is 18.6. The van der Waals surface area contributed by atoms with Crippen LogP contribution in [0.4, 0.5) is 0 Å². The van der Waals surface area contributed by atoms with E-state index in [-0.39, 0.29) is 0 Å². The average molecular weight is 482 g/mol. The number of nitrogens with zero attached hydrogens (tertiary/aromatic N) is 2. The molecule has 0 unspecified atom stereocenters. The van der Waals surface area contributed by atoms with Crippen LogP contribution in [0.25, 0.3) is 10.9 Å². The van der Waals surface area contributed by atoms with Crippen LogP contribution >= 0.6 is 23.4 Å². The van der Waals surface area contributed by atoms with Gasteiger partial charge in [-0.3, -0.25) is 5.41 Å². The number of rotatable bonds is 8. The Hall–Kier alpha value is -3.16. The van der Waals surface area contributed by atoms with Crippen molar-refractivity contribution < 1.29 is 14.2 Å². The van der Waals surface area contributed by atoms with Crippen LogP contribution in [0.1, 0.15) is 11.1 Å². The fourth-order valence-electron chi connectivity index (χ4n) is 3.52. The van der Waals surface area contributed by atoms with Crippen LogP contribution in [0.3, 0.4) is 0 Å². The Bertz CT molecular complexity index is 1340. The number of fused-ring (bicyclic) bond motifs is 1. The fraction of sp³-hybridized carbons (Fsp3) is 0.200. The molecular formula is C25H24ClN3O3S. The van der Waals surface area contributed by atoms with E-state index in [0.29, 0.717) is 45.2 Å². The lowest BCUT2D eigenvalue weighted by atomic mass is 10.2. The van der Waals surface area contributed by atoms with E-state index in [0.717, 1.165) is 16.5 Å². The van der Waals surface area contributed by atoms with E-state index < -0.39 is 0 Å². The minimum absolute atomic E-state index is 0.337. The highest BCUT2D eigenvalue weighted by Gasteiger charge is 2.15. The zero-order valence-corrected chi connectivity index (χ0v) is 20.2. The molecule has 0 spiro atoms. The van der Waals surface area contributed by atoms with Crippen molar-refractivity contribution in [3.63, 3.8) is 0 Å². The summed E-state index contributed by atoms with van der Waals surface area (Å²) >= 11 is 7.94. The van der Waals surface area contributed by atoms with Crippen LogP contribution in [-0.2, 0) is 12.3 Å². The van der Waals surface area contributed by atoms with Crippen molar-refractivity contribution in [2.24, 2.45) is 0 Å². The number of aromatic nitrogens is 2. The molecule has 4 rings (SSSR count). The molecule has 0 aliphatic heterocycles. The maximum Gasteiger partial charge on any atom is 0.170 e. The molecule has 4 aromatic rings. The van der Waals surface area contributed by atoms with Crippen molar-refractivity contribution in [3.8, 4) is 17.2 Å². The molecule has 0 aliphatic carbocycles. The first-order valence-electron chi connectivity index (χ1n) is 10.2. The van der Waals surface area contributed by atoms with Crippen LogP contribution in [-0.4, -0.2) is 30.9 Å². The molecule has 33 heavy (non-hydrogen) atoms. The minimum atomic E-state index is 0.337. The molecule has 1 heterocycles.